The van der Waals surface area contributed by atoms with Gasteiger partial charge in [-0.15, -0.1) is 0 Å². The van der Waals surface area contributed by atoms with Gasteiger partial charge in [-0.3, -0.25) is 0 Å². The molecule has 0 aliphatic carbocycles. The SMILES string of the molecule is Cc1noc(C)c1CNc1cccnc1C(=O)O. The summed E-state index contributed by atoms with van der Waals surface area (Å²) < 4.78 is 5.04. The lowest BCUT2D eigenvalue weighted by Gasteiger charge is -2.08. The first-order valence-corrected chi connectivity index (χ1v) is 5.43. The summed E-state index contributed by atoms with van der Waals surface area (Å²) in [6, 6.07) is 3.36. The highest BCUT2D eigenvalue weighted by Gasteiger charge is 2.13. The van der Waals surface area contributed by atoms with Crippen molar-refractivity contribution in [2.75, 3.05) is 5.32 Å². The minimum Gasteiger partial charge on any atom is -0.476 e. The summed E-state index contributed by atoms with van der Waals surface area (Å²) in [5.41, 5.74) is 2.20. The molecule has 0 bridgehead atoms. The van der Waals surface area contributed by atoms with E-state index in [4.69, 9.17) is 9.63 Å². The molecule has 2 aromatic rings. The van der Waals surface area contributed by atoms with Crippen LogP contribution in [0.25, 0.3) is 0 Å². The number of carboxylic acid groups (broad SMARTS) is 1. The van der Waals surface area contributed by atoms with Gasteiger partial charge in [0.15, 0.2) is 5.69 Å². The number of pyridine rings is 1. The van der Waals surface area contributed by atoms with Crippen molar-refractivity contribution in [1.82, 2.24) is 10.1 Å². The van der Waals surface area contributed by atoms with Gasteiger partial charge in [-0.05, 0) is 26.0 Å². The van der Waals surface area contributed by atoms with E-state index in [-0.39, 0.29) is 5.69 Å². The third-order valence-corrected chi connectivity index (χ3v) is 2.65. The van der Waals surface area contributed by atoms with Crippen molar-refractivity contribution in [3.05, 3.63) is 41.0 Å². The highest BCUT2D eigenvalue weighted by Crippen LogP contribution is 2.17. The number of hydrogen-bond donors (Lipinski definition) is 2. The van der Waals surface area contributed by atoms with Gasteiger partial charge < -0.3 is 14.9 Å². The van der Waals surface area contributed by atoms with Crippen LogP contribution in [0.15, 0.2) is 22.9 Å². The van der Waals surface area contributed by atoms with E-state index in [1.54, 1.807) is 12.1 Å². The predicted molar refractivity (Wildman–Crippen MR) is 64.5 cm³/mol. The molecule has 0 radical (unpaired) electrons. The Bertz CT molecular complexity index is 558. The molecule has 18 heavy (non-hydrogen) atoms. The maximum absolute atomic E-state index is 11.0. The Morgan fingerprint density at radius 2 is 2.28 bits per heavy atom. The van der Waals surface area contributed by atoms with E-state index in [2.05, 4.69) is 15.5 Å². The molecule has 2 N–H and O–H groups in total. The number of hydrogen-bond acceptors (Lipinski definition) is 5. The lowest BCUT2D eigenvalue weighted by atomic mass is 10.2. The van der Waals surface area contributed by atoms with Crippen molar-refractivity contribution >= 4 is 11.7 Å². The number of anilines is 1. The number of aryl methyl sites for hydroxylation is 2. The van der Waals surface area contributed by atoms with Crippen LogP contribution in [0.1, 0.15) is 27.5 Å². The molecular weight excluding hydrogens is 234 g/mol. The Balaban J connectivity index is 2.18. The standard InChI is InChI=1S/C12H13N3O3/c1-7-9(8(2)18-15-7)6-14-10-4-3-5-13-11(10)12(16)17/h3-5,14H,6H2,1-2H3,(H,16,17). The van der Waals surface area contributed by atoms with Crippen LogP contribution in [0.3, 0.4) is 0 Å². The van der Waals surface area contributed by atoms with Gasteiger partial charge in [-0.1, -0.05) is 5.16 Å². The van der Waals surface area contributed by atoms with Gasteiger partial charge >= 0.3 is 5.97 Å². The summed E-state index contributed by atoms with van der Waals surface area (Å²) in [6.07, 6.45) is 1.45. The summed E-state index contributed by atoms with van der Waals surface area (Å²) in [6.45, 7) is 4.11. The summed E-state index contributed by atoms with van der Waals surface area (Å²) in [7, 11) is 0. The Morgan fingerprint density at radius 3 is 2.89 bits per heavy atom. The van der Waals surface area contributed by atoms with Gasteiger partial charge in [-0.25, -0.2) is 9.78 Å². The van der Waals surface area contributed by atoms with E-state index in [0.717, 1.165) is 17.0 Å². The normalized spacial score (nSPS) is 10.3. The number of rotatable bonds is 4. The van der Waals surface area contributed by atoms with Crippen LogP contribution in [0.2, 0.25) is 0 Å². The molecule has 2 rings (SSSR count). The number of aromatic nitrogens is 2. The molecule has 0 saturated heterocycles. The largest absolute Gasteiger partial charge is 0.476 e. The summed E-state index contributed by atoms with van der Waals surface area (Å²) in [5, 5.41) is 15.9. The molecule has 0 unspecified atom stereocenters. The van der Waals surface area contributed by atoms with Crippen LogP contribution in [0.4, 0.5) is 5.69 Å². The van der Waals surface area contributed by atoms with Gasteiger partial charge in [0.2, 0.25) is 0 Å². The van der Waals surface area contributed by atoms with Crippen LogP contribution >= 0.6 is 0 Å². The molecule has 0 atom stereocenters. The first-order valence-electron chi connectivity index (χ1n) is 5.43. The molecule has 0 spiro atoms. The fraction of sp³-hybridized carbons (Fsp3) is 0.250. The predicted octanol–water partition coefficient (Wildman–Crippen LogP) is 2.00. The average molecular weight is 247 g/mol. The second-order valence-corrected chi connectivity index (χ2v) is 3.86. The molecule has 0 saturated carbocycles. The molecular formula is C12H13N3O3. The third-order valence-electron chi connectivity index (χ3n) is 2.65. The number of nitrogens with zero attached hydrogens (tertiary/aromatic N) is 2. The van der Waals surface area contributed by atoms with Crippen LogP contribution in [0.5, 0.6) is 0 Å². The van der Waals surface area contributed by atoms with Gasteiger partial charge in [0.05, 0.1) is 11.4 Å². The zero-order valence-electron chi connectivity index (χ0n) is 10.1. The Labute approximate surface area is 104 Å². The first kappa shape index (κ1) is 12.1. The summed E-state index contributed by atoms with van der Waals surface area (Å²) in [4.78, 5) is 14.8. The van der Waals surface area contributed by atoms with Gasteiger partial charge in [0.1, 0.15) is 5.76 Å². The van der Waals surface area contributed by atoms with Crippen molar-refractivity contribution in [2.24, 2.45) is 0 Å². The molecule has 0 aliphatic heterocycles. The summed E-state index contributed by atoms with van der Waals surface area (Å²) in [5.74, 6) is -0.336. The lowest BCUT2D eigenvalue weighted by molar-refractivity contribution is 0.0691. The van der Waals surface area contributed by atoms with E-state index in [0.29, 0.717) is 12.2 Å². The van der Waals surface area contributed by atoms with Gasteiger partial charge in [-0.2, -0.15) is 0 Å². The van der Waals surface area contributed by atoms with E-state index in [9.17, 15) is 4.79 Å². The lowest BCUT2D eigenvalue weighted by Crippen LogP contribution is -2.08. The smallest absolute Gasteiger partial charge is 0.356 e. The number of aromatic carboxylic acids is 1. The first-order chi connectivity index (χ1) is 8.59. The van der Waals surface area contributed by atoms with E-state index in [1.165, 1.54) is 6.20 Å². The molecule has 0 aromatic carbocycles. The fourth-order valence-electron chi connectivity index (χ4n) is 1.66. The van der Waals surface area contributed by atoms with Crippen molar-refractivity contribution in [2.45, 2.75) is 20.4 Å². The van der Waals surface area contributed by atoms with Gasteiger partial charge in [0, 0.05) is 18.3 Å². The molecule has 94 valence electrons. The Hall–Kier alpha value is -2.37. The molecule has 2 aromatic heterocycles. The van der Waals surface area contributed by atoms with Gasteiger partial charge in [0.25, 0.3) is 0 Å². The minimum atomic E-state index is -1.06. The van der Waals surface area contributed by atoms with Crippen molar-refractivity contribution in [3.63, 3.8) is 0 Å². The zero-order chi connectivity index (χ0) is 13.1. The number of carboxylic acids is 1. The Morgan fingerprint density at radius 1 is 1.50 bits per heavy atom. The van der Waals surface area contributed by atoms with Crippen LogP contribution in [-0.2, 0) is 6.54 Å². The van der Waals surface area contributed by atoms with Crippen molar-refractivity contribution in [1.29, 1.82) is 0 Å². The second kappa shape index (κ2) is 4.87. The second-order valence-electron chi connectivity index (χ2n) is 3.86. The number of carbonyl (C=O) groups is 1. The minimum absolute atomic E-state index is 0.00394. The molecule has 6 heteroatoms. The molecule has 6 nitrogen and oxygen atoms in total. The fourth-order valence-corrected chi connectivity index (χ4v) is 1.66. The summed E-state index contributed by atoms with van der Waals surface area (Å²) >= 11 is 0. The molecule has 2 heterocycles. The van der Waals surface area contributed by atoms with Crippen LogP contribution in [-0.4, -0.2) is 21.2 Å². The maximum Gasteiger partial charge on any atom is 0.356 e. The van der Waals surface area contributed by atoms with Crippen LogP contribution in [0, 0.1) is 13.8 Å². The van der Waals surface area contributed by atoms with E-state index in [1.807, 2.05) is 13.8 Å². The molecule has 0 aliphatic rings. The topological polar surface area (TPSA) is 88.3 Å². The monoisotopic (exact) mass is 247 g/mol. The zero-order valence-corrected chi connectivity index (χ0v) is 10.1. The third kappa shape index (κ3) is 2.32. The highest BCUT2D eigenvalue weighted by atomic mass is 16.5. The Kier molecular flexibility index (Phi) is 3.27. The maximum atomic E-state index is 11.0. The highest BCUT2D eigenvalue weighted by molar-refractivity contribution is 5.91. The van der Waals surface area contributed by atoms with Crippen molar-refractivity contribution < 1.29 is 14.4 Å². The van der Waals surface area contributed by atoms with Crippen LogP contribution < -0.4 is 5.32 Å². The molecule has 0 amide bonds. The van der Waals surface area contributed by atoms with E-state index >= 15 is 0 Å². The van der Waals surface area contributed by atoms with E-state index < -0.39 is 5.97 Å². The van der Waals surface area contributed by atoms with Crippen molar-refractivity contribution in [3.8, 4) is 0 Å². The number of nitrogens with one attached hydrogen (secondary N) is 1. The quantitative estimate of drug-likeness (QED) is 0.859. The molecule has 0 fully saturated rings. The average Bonchev–Trinajstić information content (AvgIpc) is 2.67.